The molecule has 2 aromatic carbocycles. The van der Waals surface area contributed by atoms with Gasteiger partial charge in [-0.1, -0.05) is 12.1 Å². The third-order valence-corrected chi connectivity index (χ3v) is 5.20. The van der Waals surface area contributed by atoms with E-state index in [1.165, 1.54) is 19.2 Å². The van der Waals surface area contributed by atoms with Gasteiger partial charge in [-0.25, -0.2) is 0 Å². The summed E-state index contributed by atoms with van der Waals surface area (Å²) in [4.78, 5) is 14.8. The minimum atomic E-state index is -0.329. The van der Waals surface area contributed by atoms with Crippen molar-refractivity contribution in [3.8, 4) is 17.6 Å². The lowest BCUT2D eigenvalue weighted by Crippen LogP contribution is -2.26. The van der Waals surface area contributed by atoms with Crippen molar-refractivity contribution in [2.24, 2.45) is 0 Å². The number of nitrogens with zero attached hydrogens (tertiary/aromatic N) is 2. The maximum atomic E-state index is 13.1. The van der Waals surface area contributed by atoms with Crippen LogP contribution < -0.4 is 10.1 Å². The summed E-state index contributed by atoms with van der Waals surface area (Å²) >= 11 is 0. The lowest BCUT2D eigenvalue weighted by molar-refractivity contribution is 0.0745. The van der Waals surface area contributed by atoms with Gasteiger partial charge in [-0.2, -0.15) is 5.26 Å². The Morgan fingerprint density at radius 3 is 2.96 bits per heavy atom. The van der Waals surface area contributed by atoms with Gasteiger partial charge in [-0.3, -0.25) is 4.79 Å². The first-order chi connectivity index (χ1) is 13.6. The number of amides is 1. The second-order valence-corrected chi connectivity index (χ2v) is 6.99. The maximum Gasteiger partial charge on any atom is 0.262 e. The molecule has 2 heterocycles. The number of carbonyl (C=O) groups is 1. The van der Waals surface area contributed by atoms with Crippen molar-refractivity contribution in [1.29, 1.82) is 5.26 Å². The van der Waals surface area contributed by atoms with Crippen molar-refractivity contribution in [1.82, 2.24) is 4.90 Å². The van der Waals surface area contributed by atoms with E-state index in [4.69, 9.17) is 14.7 Å². The minimum absolute atomic E-state index is 0.0769. The normalized spacial score (nSPS) is 17.9. The van der Waals surface area contributed by atoms with Gasteiger partial charge in [0.2, 0.25) is 0 Å². The highest BCUT2D eigenvalue weighted by Gasteiger charge is 2.30. The first-order valence-corrected chi connectivity index (χ1v) is 9.16. The smallest absolute Gasteiger partial charge is 0.262 e. The molecule has 28 heavy (non-hydrogen) atoms. The minimum Gasteiger partial charge on any atom is -0.507 e. The fraction of sp³-hybridized carbons (Fsp3) is 0.333. The van der Waals surface area contributed by atoms with Crippen LogP contribution in [0, 0.1) is 11.3 Å². The van der Waals surface area contributed by atoms with Gasteiger partial charge < -0.3 is 24.8 Å². The fourth-order valence-electron chi connectivity index (χ4n) is 3.77. The van der Waals surface area contributed by atoms with Crippen molar-refractivity contribution >= 4 is 11.6 Å². The second-order valence-electron chi connectivity index (χ2n) is 6.99. The van der Waals surface area contributed by atoms with Crippen LogP contribution >= 0.6 is 0 Å². The van der Waals surface area contributed by atoms with E-state index in [9.17, 15) is 9.90 Å². The van der Waals surface area contributed by atoms with Crippen LogP contribution in [0.15, 0.2) is 30.3 Å². The number of nitrogens with one attached hydrogen (secondary N) is 1. The molecule has 2 aliphatic rings. The molecule has 7 nitrogen and oxygen atoms in total. The fourth-order valence-corrected chi connectivity index (χ4v) is 3.77. The molecule has 0 spiro atoms. The molecule has 2 N–H and O–H groups in total. The van der Waals surface area contributed by atoms with Crippen molar-refractivity contribution in [2.45, 2.75) is 25.6 Å². The number of fused-ring (bicyclic) bond motifs is 1. The van der Waals surface area contributed by atoms with Crippen LogP contribution in [0.2, 0.25) is 0 Å². The summed E-state index contributed by atoms with van der Waals surface area (Å²) in [5.74, 6) is -0.387. The largest absolute Gasteiger partial charge is 0.507 e. The van der Waals surface area contributed by atoms with Crippen LogP contribution in [0.5, 0.6) is 11.5 Å². The summed E-state index contributed by atoms with van der Waals surface area (Å²) in [6, 6.07) is 11.0. The number of benzene rings is 2. The van der Waals surface area contributed by atoms with Crippen LogP contribution in [-0.4, -0.2) is 42.3 Å². The molecule has 0 unspecified atom stereocenters. The Labute approximate surface area is 163 Å². The quantitative estimate of drug-likeness (QED) is 0.848. The molecule has 7 heteroatoms. The van der Waals surface area contributed by atoms with Crippen LogP contribution in [0.25, 0.3) is 0 Å². The Hall–Kier alpha value is -3.24. The number of ether oxygens (including phenoxy) is 2. The zero-order valence-corrected chi connectivity index (χ0v) is 15.6. The molecule has 0 aliphatic carbocycles. The Morgan fingerprint density at radius 2 is 2.25 bits per heavy atom. The topological polar surface area (TPSA) is 94.8 Å². The molecule has 0 radical (unpaired) electrons. The molecular weight excluding hydrogens is 358 g/mol. The standard InChI is InChI=1S/C21H21N3O4/c1-27-19-8-13(9-22)7-18(25)20(19)21(26)24-10-14-3-2-4-17(16(14)11-24)23-15-5-6-28-12-15/h2-4,7-8,15,23,25H,5-6,10-12H2,1H3/t15-/m0/s1. The van der Waals surface area contributed by atoms with Gasteiger partial charge >= 0.3 is 0 Å². The number of phenols is 1. The number of aromatic hydroxyl groups is 1. The summed E-state index contributed by atoms with van der Waals surface area (Å²) in [6.45, 7) is 2.33. The van der Waals surface area contributed by atoms with E-state index in [0.717, 1.165) is 29.8 Å². The first kappa shape index (κ1) is 18.1. The van der Waals surface area contributed by atoms with E-state index in [0.29, 0.717) is 19.7 Å². The van der Waals surface area contributed by atoms with Gasteiger partial charge in [0.25, 0.3) is 5.91 Å². The molecule has 0 bridgehead atoms. The predicted octanol–water partition coefficient (Wildman–Crippen LogP) is 2.63. The third kappa shape index (κ3) is 3.23. The van der Waals surface area contributed by atoms with Gasteiger partial charge in [0.1, 0.15) is 17.1 Å². The lowest BCUT2D eigenvalue weighted by Gasteiger charge is -2.19. The van der Waals surface area contributed by atoms with E-state index in [1.807, 2.05) is 24.3 Å². The summed E-state index contributed by atoms with van der Waals surface area (Å²) in [7, 11) is 1.41. The Kier molecular flexibility index (Phi) is 4.80. The SMILES string of the molecule is COc1cc(C#N)cc(O)c1C(=O)N1Cc2cccc(N[C@H]3CCOC3)c2C1. The highest BCUT2D eigenvalue weighted by atomic mass is 16.5. The van der Waals surface area contributed by atoms with E-state index in [-0.39, 0.29) is 34.6 Å². The summed E-state index contributed by atoms with van der Waals surface area (Å²) in [5.41, 5.74) is 3.48. The highest BCUT2D eigenvalue weighted by Crippen LogP contribution is 2.35. The Morgan fingerprint density at radius 1 is 1.39 bits per heavy atom. The number of anilines is 1. The molecule has 1 fully saturated rings. The van der Waals surface area contributed by atoms with Gasteiger partial charge in [-0.05, 0) is 35.7 Å². The Balaban J connectivity index is 1.60. The average Bonchev–Trinajstić information content (AvgIpc) is 3.36. The molecule has 2 aliphatic heterocycles. The molecule has 0 saturated carbocycles. The molecular formula is C21H21N3O4. The van der Waals surface area contributed by atoms with Crippen LogP contribution in [0.3, 0.4) is 0 Å². The number of rotatable bonds is 4. The van der Waals surface area contributed by atoms with Gasteiger partial charge in [0, 0.05) is 25.4 Å². The first-order valence-electron chi connectivity index (χ1n) is 9.16. The zero-order valence-electron chi connectivity index (χ0n) is 15.6. The number of carbonyl (C=O) groups excluding carboxylic acids is 1. The van der Waals surface area contributed by atoms with Gasteiger partial charge in [-0.15, -0.1) is 0 Å². The number of hydrogen-bond donors (Lipinski definition) is 2. The van der Waals surface area contributed by atoms with Gasteiger partial charge in [0.15, 0.2) is 0 Å². The van der Waals surface area contributed by atoms with E-state index >= 15 is 0 Å². The van der Waals surface area contributed by atoms with E-state index in [1.54, 1.807) is 4.90 Å². The molecule has 2 aromatic rings. The lowest BCUT2D eigenvalue weighted by atomic mass is 10.1. The van der Waals surface area contributed by atoms with E-state index < -0.39 is 0 Å². The average molecular weight is 379 g/mol. The summed E-state index contributed by atoms with van der Waals surface area (Å²) < 4.78 is 10.7. The molecule has 1 saturated heterocycles. The number of hydrogen-bond acceptors (Lipinski definition) is 6. The van der Waals surface area contributed by atoms with Crippen LogP contribution in [0.1, 0.15) is 33.5 Å². The summed E-state index contributed by atoms with van der Waals surface area (Å²) in [5, 5.41) is 22.9. The van der Waals surface area contributed by atoms with Crippen molar-refractivity contribution < 1.29 is 19.4 Å². The molecule has 144 valence electrons. The maximum absolute atomic E-state index is 13.1. The predicted molar refractivity (Wildman–Crippen MR) is 102 cm³/mol. The van der Waals surface area contributed by atoms with Crippen molar-refractivity contribution in [3.05, 3.63) is 52.6 Å². The molecule has 0 aromatic heterocycles. The summed E-state index contributed by atoms with van der Waals surface area (Å²) in [6.07, 6.45) is 0.961. The van der Waals surface area contributed by atoms with Crippen LogP contribution in [0.4, 0.5) is 5.69 Å². The molecule has 1 amide bonds. The molecule has 1 atom stereocenters. The van der Waals surface area contributed by atoms with Crippen LogP contribution in [-0.2, 0) is 17.8 Å². The highest BCUT2D eigenvalue weighted by molar-refractivity contribution is 6.00. The molecule has 4 rings (SSSR count). The monoisotopic (exact) mass is 379 g/mol. The number of methoxy groups -OCH3 is 1. The van der Waals surface area contributed by atoms with Crippen molar-refractivity contribution in [3.63, 3.8) is 0 Å². The number of phenolic OH excluding ortho intramolecular Hbond substituents is 1. The second kappa shape index (κ2) is 7.41. The van der Waals surface area contributed by atoms with Gasteiger partial charge in [0.05, 0.1) is 31.4 Å². The van der Waals surface area contributed by atoms with E-state index in [2.05, 4.69) is 5.32 Å². The van der Waals surface area contributed by atoms with Crippen molar-refractivity contribution in [2.75, 3.05) is 25.6 Å². The zero-order chi connectivity index (χ0) is 19.7. The third-order valence-electron chi connectivity index (χ3n) is 5.20. The number of nitriles is 1. The Bertz CT molecular complexity index is 961.